The lowest BCUT2D eigenvalue weighted by molar-refractivity contribution is -0.137. The van der Waals surface area contributed by atoms with Gasteiger partial charge in [0.15, 0.2) is 0 Å². The topological polar surface area (TPSA) is 88.4 Å². The van der Waals surface area contributed by atoms with Crippen molar-refractivity contribution in [1.29, 1.82) is 0 Å². The van der Waals surface area contributed by atoms with Gasteiger partial charge >= 0.3 is 5.97 Å². The molecule has 1 heterocycles. The van der Waals surface area contributed by atoms with E-state index in [-0.39, 0.29) is 17.2 Å². The van der Waals surface area contributed by atoms with E-state index in [1.807, 2.05) is 6.92 Å². The molecule has 1 atom stereocenters. The molecule has 0 fully saturated rings. The predicted molar refractivity (Wildman–Crippen MR) is 71.3 cm³/mol. The first-order valence-corrected chi connectivity index (χ1v) is 7.63. The summed E-state index contributed by atoms with van der Waals surface area (Å²) in [6.07, 6.45) is 4.51. The second-order valence-electron chi connectivity index (χ2n) is 4.74. The number of aromatic nitrogens is 1. The lowest BCUT2D eigenvalue weighted by atomic mass is 10.0. The molecule has 0 aliphatic carbocycles. The Balaban J connectivity index is 2.38. The Hall–Kier alpha value is -1.34. The zero-order chi connectivity index (χ0) is 14.5. The molecule has 0 radical (unpaired) electrons. The molecule has 1 rings (SSSR count). The molecule has 0 aliphatic rings. The number of sulfonamides is 1. The number of nitrogens with one attached hydrogen (secondary N) is 1. The number of rotatable bonds is 8. The highest BCUT2D eigenvalue weighted by Gasteiger charge is 2.15. The van der Waals surface area contributed by atoms with E-state index in [0.717, 1.165) is 0 Å². The van der Waals surface area contributed by atoms with Gasteiger partial charge in [-0.05, 0) is 24.8 Å². The van der Waals surface area contributed by atoms with E-state index in [1.165, 1.54) is 12.3 Å². The molecule has 0 spiro atoms. The van der Waals surface area contributed by atoms with Crippen LogP contribution in [0.25, 0.3) is 0 Å². The molecular weight excluding hydrogens is 268 g/mol. The Morgan fingerprint density at radius 2 is 2.16 bits per heavy atom. The third kappa shape index (κ3) is 5.44. The number of aryl methyl sites for hydroxylation is 1. The molecule has 0 aliphatic heterocycles. The Morgan fingerprint density at radius 3 is 2.68 bits per heavy atom. The second kappa shape index (κ2) is 6.72. The molecule has 0 saturated heterocycles. The van der Waals surface area contributed by atoms with Crippen molar-refractivity contribution in [2.24, 2.45) is 13.0 Å². The first kappa shape index (κ1) is 15.7. The van der Waals surface area contributed by atoms with Crippen LogP contribution in [-0.4, -0.2) is 30.6 Å². The quantitative estimate of drug-likeness (QED) is 0.752. The van der Waals surface area contributed by atoms with Crippen molar-refractivity contribution >= 4 is 16.0 Å². The van der Waals surface area contributed by atoms with Crippen molar-refractivity contribution in [2.45, 2.75) is 31.1 Å². The molecule has 1 aromatic rings. The number of hydrogen-bond acceptors (Lipinski definition) is 3. The molecule has 108 valence electrons. The van der Waals surface area contributed by atoms with Crippen LogP contribution in [-0.2, 0) is 21.9 Å². The van der Waals surface area contributed by atoms with Gasteiger partial charge in [0, 0.05) is 32.4 Å². The number of carboxylic acid groups (broad SMARTS) is 1. The minimum Gasteiger partial charge on any atom is -0.481 e. The number of carbonyl (C=O) groups is 1. The van der Waals surface area contributed by atoms with Gasteiger partial charge in [-0.25, -0.2) is 13.1 Å². The fraction of sp³-hybridized carbons (Fsp3) is 0.583. The number of hydrogen-bond donors (Lipinski definition) is 2. The minimum absolute atomic E-state index is 0.118. The van der Waals surface area contributed by atoms with Crippen molar-refractivity contribution in [2.75, 3.05) is 6.54 Å². The Kier molecular flexibility index (Phi) is 5.56. The summed E-state index contributed by atoms with van der Waals surface area (Å²) in [6.45, 7) is 2.23. The highest BCUT2D eigenvalue weighted by molar-refractivity contribution is 7.89. The van der Waals surface area contributed by atoms with E-state index in [1.54, 1.807) is 17.8 Å². The first-order valence-electron chi connectivity index (χ1n) is 6.14. The molecule has 1 aromatic heterocycles. The van der Waals surface area contributed by atoms with Gasteiger partial charge < -0.3 is 9.67 Å². The van der Waals surface area contributed by atoms with Crippen LogP contribution in [0.2, 0.25) is 0 Å². The predicted octanol–water partition coefficient (Wildman–Crippen LogP) is 1.19. The monoisotopic (exact) mass is 288 g/mol. The Labute approximate surface area is 113 Å². The maximum Gasteiger partial charge on any atom is 0.303 e. The standard InChI is InChI=1S/C12H20N2O4S/c1-10(3-4-12(15)16)5-7-13-19(17,18)11-6-8-14(2)9-11/h6,8-10,13H,3-5,7H2,1-2H3,(H,15,16). The molecule has 0 saturated carbocycles. The van der Waals surface area contributed by atoms with Gasteiger partial charge in [-0.2, -0.15) is 0 Å². The van der Waals surface area contributed by atoms with Crippen LogP contribution in [0.4, 0.5) is 0 Å². The van der Waals surface area contributed by atoms with Crippen LogP contribution >= 0.6 is 0 Å². The summed E-state index contributed by atoms with van der Waals surface area (Å²) in [5.74, 6) is -0.647. The molecule has 19 heavy (non-hydrogen) atoms. The average Bonchev–Trinajstić information content (AvgIpc) is 2.74. The van der Waals surface area contributed by atoms with Gasteiger partial charge in [0.2, 0.25) is 10.0 Å². The molecular formula is C12H20N2O4S. The summed E-state index contributed by atoms with van der Waals surface area (Å²) < 4.78 is 27.9. The Morgan fingerprint density at radius 1 is 1.47 bits per heavy atom. The largest absolute Gasteiger partial charge is 0.481 e. The van der Waals surface area contributed by atoms with Crippen molar-refractivity contribution in [3.8, 4) is 0 Å². The fourth-order valence-electron chi connectivity index (χ4n) is 1.67. The van der Waals surface area contributed by atoms with Crippen LogP contribution in [0.15, 0.2) is 23.4 Å². The summed E-state index contributed by atoms with van der Waals surface area (Å²) in [7, 11) is -1.70. The summed E-state index contributed by atoms with van der Waals surface area (Å²) in [5, 5.41) is 8.55. The van der Waals surface area contributed by atoms with Gasteiger partial charge in [-0.3, -0.25) is 4.79 Å². The van der Waals surface area contributed by atoms with E-state index in [4.69, 9.17) is 5.11 Å². The molecule has 7 heteroatoms. The van der Waals surface area contributed by atoms with Gasteiger partial charge in [0.25, 0.3) is 0 Å². The molecule has 2 N–H and O–H groups in total. The van der Waals surface area contributed by atoms with E-state index in [0.29, 0.717) is 19.4 Å². The van der Waals surface area contributed by atoms with E-state index in [9.17, 15) is 13.2 Å². The molecule has 6 nitrogen and oxygen atoms in total. The summed E-state index contributed by atoms with van der Waals surface area (Å²) in [6, 6.07) is 1.54. The van der Waals surface area contributed by atoms with Crippen molar-refractivity contribution in [3.63, 3.8) is 0 Å². The third-order valence-electron chi connectivity index (χ3n) is 2.90. The SMILES string of the molecule is CC(CCNS(=O)(=O)c1ccn(C)c1)CCC(=O)O. The number of aliphatic carboxylic acids is 1. The van der Waals surface area contributed by atoms with Crippen LogP contribution in [0.3, 0.4) is 0 Å². The number of carboxylic acids is 1. The third-order valence-corrected chi connectivity index (χ3v) is 4.34. The van der Waals surface area contributed by atoms with Gasteiger partial charge in [0.05, 0.1) is 4.90 Å². The van der Waals surface area contributed by atoms with Crippen LogP contribution < -0.4 is 4.72 Å². The van der Waals surface area contributed by atoms with E-state index < -0.39 is 16.0 Å². The zero-order valence-corrected chi connectivity index (χ0v) is 12.0. The lowest BCUT2D eigenvalue weighted by Crippen LogP contribution is -2.25. The van der Waals surface area contributed by atoms with Crippen molar-refractivity contribution in [1.82, 2.24) is 9.29 Å². The lowest BCUT2D eigenvalue weighted by Gasteiger charge is -2.10. The Bertz CT molecular complexity index is 522. The normalized spacial score (nSPS) is 13.4. The van der Waals surface area contributed by atoms with Crippen LogP contribution in [0.5, 0.6) is 0 Å². The highest BCUT2D eigenvalue weighted by Crippen LogP contribution is 2.11. The van der Waals surface area contributed by atoms with E-state index >= 15 is 0 Å². The molecule has 0 bridgehead atoms. The molecule has 0 amide bonds. The molecule has 1 unspecified atom stereocenters. The van der Waals surface area contributed by atoms with Crippen molar-refractivity contribution < 1.29 is 18.3 Å². The van der Waals surface area contributed by atoms with Crippen LogP contribution in [0, 0.1) is 5.92 Å². The average molecular weight is 288 g/mol. The number of nitrogens with zero attached hydrogens (tertiary/aromatic N) is 1. The minimum atomic E-state index is -3.45. The molecule has 0 aromatic carbocycles. The van der Waals surface area contributed by atoms with Crippen LogP contribution in [0.1, 0.15) is 26.2 Å². The first-order chi connectivity index (χ1) is 8.81. The summed E-state index contributed by atoms with van der Waals surface area (Å²) in [4.78, 5) is 10.7. The van der Waals surface area contributed by atoms with Crippen molar-refractivity contribution in [3.05, 3.63) is 18.5 Å². The maximum atomic E-state index is 11.9. The van der Waals surface area contributed by atoms with E-state index in [2.05, 4.69) is 4.72 Å². The van der Waals surface area contributed by atoms with Gasteiger partial charge in [-0.15, -0.1) is 0 Å². The maximum absolute atomic E-state index is 11.9. The summed E-state index contributed by atoms with van der Waals surface area (Å²) >= 11 is 0. The zero-order valence-electron chi connectivity index (χ0n) is 11.2. The highest BCUT2D eigenvalue weighted by atomic mass is 32.2. The summed E-state index contributed by atoms with van der Waals surface area (Å²) in [5.41, 5.74) is 0. The smallest absolute Gasteiger partial charge is 0.303 e. The fourth-order valence-corrected chi connectivity index (χ4v) is 2.77. The van der Waals surface area contributed by atoms with Gasteiger partial charge in [-0.1, -0.05) is 6.92 Å². The second-order valence-corrected chi connectivity index (χ2v) is 6.50. The van der Waals surface area contributed by atoms with Gasteiger partial charge in [0.1, 0.15) is 0 Å².